The van der Waals surface area contributed by atoms with Gasteiger partial charge in [0.2, 0.25) is 0 Å². The number of rotatable bonds is 6. The molecule has 0 radical (unpaired) electrons. The number of urea groups is 1. The summed E-state index contributed by atoms with van der Waals surface area (Å²) in [5.74, 6) is 0.255. The smallest absolute Gasteiger partial charge is 0.308 e. The highest BCUT2D eigenvalue weighted by molar-refractivity contribution is 8.00. The third-order valence-corrected chi connectivity index (χ3v) is 6.12. The Morgan fingerprint density at radius 3 is 2.12 bits per heavy atom. The number of aryl methyl sites for hydroxylation is 2. The average Bonchev–Trinajstić information content (AvgIpc) is 3.02. The number of amides is 2. The van der Waals surface area contributed by atoms with Crippen molar-refractivity contribution in [2.75, 3.05) is 16.4 Å². The van der Waals surface area contributed by atoms with Gasteiger partial charge in [0.05, 0.1) is 16.8 Å². The standard InChI is InChI=1S/C24H22N4O3S/c1-27-20-13-8-16(14-21(20)28(2)24(27)31)22(29)15-32-19-11-9-18(10-12-19)26-23(30)25-17-6-4-3-5-7-17/h3-14H,15H2,1-2H3,(H2,25,26,30). The molecule has 8 heteroatoms. The molecule has 0 saturated heterocycles. The highest BCUT2D eigenvalue weighted by Crippen LogP contribution is 2.23. The maximum atomic E-state index is 12.7. The van der Waals surface area contributed by atoms with Gasteiger partial charge >= 0.3 is 11.7 Å². The van der Waals surface area contributed by atoms with Crippen molar-refractivity contribution in [1.29, 1.82) is 0 Å². The van der Waals surface area contributed by atoms with Crippen molar-refractivity contribution in [3.05, 3.63) is 88.8 Å². The Kier molecular flexibility index (Phi) is 6.13. The van der Waals surface area contributed by atoms with Crippen LogP contribution in [0.1, 0.15) is 10.4 Å². The third kappa shape index (κ3) is 4.60. The number of Topliss-reactive ketones (excluding diaryl/α,β-unsaturated/α-hetero) is 1. The summed E-state index contributed by atoms with van der Waals surface area (Å²) >= 11 is 1.42. The molecule has 0 atom stereocenters. The van der Waals surface area contributed by atoms with Gasteiger partial charge in [0.25, 0.3) is 0 Å². The third-order valence-electron chi connectivity index (χ3n) is 5.11. The number of fused-ring (bicyclic) bond motifs is 1. The highest BCUT2D eigenvalue weighted by Gasteiger charge is 2.12. The van der Waals surface area contributed by atoms with Crippen molar-refractivity contribution in [3.63, 3.8) is 0 Å². The molecule has 0 aliphatic carbocycles. The fraction of sp³-hybridized carbons (Fsp3) is 0.125. The van der Waals surface area contributed by atoms with E-state index in [4.69, 9.17) is 0 Å². The van der Waals surface area contributed by atoms with Crippen LogP contribution in [-0.2, 0) is 14.1 Å². The topological polar surface area (TPSA) is 85.1 Å². The largest absolute Gasteiger partial charge is 0.328 e. The first-order valence-corrected chi connectivity index (χ1v) is 11.0. The normalized spacial score (nSPS) is 10.8. The Bertz CT molecular complexity index is 1340. The molecule has 0 aliphatic rings. The van der Waals surface area contributed by atoms with Crippen LogP contribution in [0, 0.1) is 0 Å². The van der Waals surface area contributed by atoms with Crippen LogP contribution in [0.3, 0.4) is 0 Å². The van der Waals surface area contributed by atoms with Gasteiger partial charge in [-0.2, -0.15) is 0 Å². The van der Waals surface area contributed by atoms with E-state index in [9.17, 15) is 14.4 Å². The number of para-hydroxylation sites is 1. The van der Waals surface area contributed by atoms with E-state index in [0.29, 0.717) is 16.9 Å². The quantitative estimate of drug-likeness (QED) is 0.337. The number of carbonyl (C=O) groups is 2. The molecule has 0 fully saturated rings. The summed E-state index contributed by atoms with van der Waals surface area (Å²) in [7, 11) is 3.41. The summed E-state index contributed by atoms with van der Waals surface area (Å²) in [5, 5.41) is 5.54. The molecule has 32 heavy (non-hydrogen) atoms. The van der Waals surface area contributed by atoms with Crippen LogP contribution in [0.25, 0.3) is 11.0 Å². The molecule has 4 aromatic rings. The molecule has 2 amide bonds. The summed E-state index contributed by atoms with van der Waals surface area (Å²) in [6.07, 6.45) is 0. The number of aromatic nitrogens is 2. The number of benzene rings is 3. The van der Waals surface area contributed by atoms with Crippen molar-refractivity contribution in [3.8, 4) is 0 Å². The molecule has 1 heterocycles. The van der Waals surface area contributed by atoms with Gasteiger partial charge in [0.15, 0.2) is 5.78 Å². The molecule has 162 valence electrons. The number of nitrogens with zero attached hydrogens (tertiary/aromatic N) is 2. The zero-order valence-corrected chi connectivity index (χ0v) is 18.5. The van der Waals surface area contributed by atoms with Crippen molar-refractivity contribution in [2.24, 2.45) is 14.1 Å². The van der Waals surface area contributed by atoms with Crippen LogP contribution >= 0.6 is 11.8 Å². The van der Waals surface area contributed by atoms with Gasteiger partial charge in [-0.15, -0.1) is 11.8 Å². The van der Waals surface area contributed by atoms with E-state index in [1.165, 1.54) is 11.8 Å². The first kappa shape index (κ1) is 21.5. The summed E-state index contributed by atoms with van der Waals surface area (Å²) in [5.41, 5.74) is 3.35. The van der Waals surface area contributed by atoms with Crippen molar-refractivity contribution >= 4 is 46.0 Å². The van der Waals surface area contributed by atoms with Crippen LogP contribution in [-0.4, -0.2) is 26.7 Å². The monoisotopic (exact) mass is 446 g/mol. The summed E-state index contributed by atoms with van der Waals surface area (Å²) < 4.78 is 3.10. The second-order valence-electron chi connectivity index (χ2n) is 7.29. The Morgan fingerprint density at radius 2 is 1.44 bits per heavy atom. The number of hydrogen-bond acceptors (Lipinski definition) is 4. The molecule has 4 rings (SSSR count). The number of nitrogens with one attached hydrogen (secondary N) is 2. The minimum absolute atomic E-state index is 0.0161. The molecular weight excluding hydrogens is 424 g/mol. The summed E-state index contributed by atoms with van der Waals surface area (Å²) in [6, 6.07) is 21.5. The Balaban J connectivity index is 1.35. The van der Waals surface area contributed by atoms with Crippen LogP contribution in [0.15, 0.2) is 82.5 Å². The number of anilines is 2. The number of carbonyl (C=O) groups excluding carboxylic acids is 2. The van der Waals surface area contributed by atoms with E-state index >= 15 is 0 Å². The maximum absolute atomic E-state index is 12.7. The lowest BCUT2D eigenvalue weighted by atomic mass is 10.1. The fourth-order valence-corrected chi connectivity index (χ4v) is 4.15. The van der Waals surface area contributed by atoms with Gasteiger partial charge in [-0.05, 0) is 54.6 Å². The van der Waals surface area contributed by atoms with E-state index < -0.39 is 0 Å². The lowest BCUT2D eigenvalue weighted by Crippen LogP contribution is -2.19. The van der Waals surface area contributed by atoms with E-state index in [1.807, 2.05) is 42.5 Å². The molecule has 0 unspecified atom stereocenters. The van der Waals surface area contributed by atoms with Crippen LogP contribution in [0.4, 0.5) is 16.2 Å². The zero-order valence-electron chi connectivity index (χ0n) is 17.7. The summed E-state index contributed by atoms with van der Waals surface area (Å²) in [6.45, 7) is 0. The summed E-state index contributed by atoms with van der Waals surface area (Å²) in [4.78, 5) is 37.7. The minimum atomic E-state index is -0.322. The van der Waals surface area contributed by atoms with Crippen molar-refractivity contribution in [2.45, 2.75) is 4.90 Å². The minimum Gasteiger partial charge on any atom is -0.308 e. The van der Waals surface area contributed by atoms with Gasteiger partial charge in [0.1, 0.15) is 0 Å². The molecule has 0 spiro atoms. The van der Waals surface area contributed by atoms with Gasteiger partial charge in [0, 0.05) is 35.9 Å². The molecule has 3 aromatic carbocycles. The Hall–Kier alpha value is -3.78. The number of thioether (sulfide) groups is 1. The van der Waals surface area contributed by atoms with Gasteiger partial charge in [-0.25, -0.2) is 9.59 Å². The van der Waals surface area contributed by atoms with Gasteiger partial charge in [-0.3, -0.25) is 13.9 Å². The first-order valence-electron chi connectivity index (χ1n) is 9.97. The number of hydrogen-bond donors (Lipinski definition) is 2. The molecule has 2 N–H and O–H groups in total. The van der Waals surface area contributed by atoms with E-state index in [0.717, 1.165) is 15.9 Å². The fourth-order valence-electron chi connectivity index (χ4n) is 3.36. The number of imidazole rings is 1. The van der Waals surface area contributed by atoms with Crippen molar-refractivity contribution < 1.29 is 9.59 Å². The number of ketones is 1. The van der Waals surface area contributed by atoms with E-state index in [-0.39, 0.29) is 23.3 Å². The van der Waals surface area contributed by atoms with Crippen molar-refractivity contribution in [1.82, 2.24) is 9.13 Å². The van der Waals surface area contributed by atoms with Crippen LogP contribution in [0.2, 0.25) is 0 Å². The predicted molar refractivity (Wildman–Crippen MR) is 129 cm³/mol. The van der Waals surface area contributed by atoms with E-state index in [2.05, 4.69) is 10.6 Å². The average molecular weight is 447 g/mol. The second kappa shape index (κ2) is 9.15. The van der Waals surface area contributed by atoms with Gasteiger partial charge < -0.3 is 10.6 Å². The Morgan fingerprint density at radius 1 is 0.812 bits per heavy atom. The highest BCUT2D eigenvalue weighted by atomic mass is 32.2. The first-order chi connectivity index (χ1) is 15.4. The lowest BCUT2D eigenvalue weighted by Gasteiger charge is -2.08. The van der Waals surface area contributed by atoms with Crippen LogP contribution < -0.4 is 16.3 Å². The molecule has 0 saturated carbocycles. The lowest BCUT2D eigenvalue weighted by molar-refractivity contribution is 0.102. The SMILES string of the molecule is Cn1c(=O)n(C)c2cc(C(=O)CSc3ccc(NC(=O)Nc4ccccc4)cc3)ccc21. The molecule has 0 bridgehead atoms. The molecule has 1 aromatic heterocycles. The van der Waals surface area contributed by atoms with E-state index in [1.54, 1.807) is 53.6 Å². The van der Waals surface area contributed by atoms with Gasteiger partial charge in [-0.1, -0.05) is 18.2 Å². The zero-order chi connectivity index (χ0) is 22.7. The second-order valence-corrected chi connectivity index (χ2v) is 8.33. The Labute approximate surface area is 189 Å². The molecular formula is C24H22N4O3S. The maximum Gasteiger partial charge on any atom is 0.328 e. The molecule has 7 nitrogen and oxygen atoms in total. The van der Waals surface area contributed by atoms with Crippen LogP contribution in [0.5, 0.6) is 0 Å². The predicted octanol–water partition coefficient (Wildman–Crippen LogP) is 4.50. The molecule has 0 aliphatic heterocycles.